The van der Waals surface area contributed by atoms with Gasteiger partial charge in [-0.1, -0.05) is 6.42 Å². The van der Waals surface area contributed by atoms with Gasteiger partial charge in [-0.15, -0.1) is 0 Å². The zero-order valence-electron chi connectivity index (χ0n) is 15.3. The smallest absolute Gasteiger partial charge is 0.315 e. The van der Waals surface area contributed by atoms with E-state index in [4.69, 9.17) is 0 Å². The molecule has 3 amide bonds. The summed E-state index contributed by atoms with van der Waals surface area (Å²) < 4.78 is 1.94. The van der Waals surface area contributed by atoms with E-state index in [0.29, 0.717) is 32.7 Å². The highest BCUT2D eigenvalue weighted by Gasteiger charge is 2.31. The summed E-state index contributed by atoms with van der Waals surface area (Å²) in [7, 11) is 0. The van der Waals surface area contributed by atoms with Crippen molar-refractivity contribution in [2.24, 2.45) is 5.92 Å². The second-order valence-electron chi connectivity index (χ2n) is 7.20. The van der Waals surface area contributed by atoms with E-state index in [0.717, 1.165) is 36.2 Å². The average molecular weight is 371 g/mol. The predicted octanol–water partition coefficient (Wildman–Crippen LogP) is 0.790. The first kappa shape index (κ1) is 17.6. The molecule has 3 heterocycles. The summed E-state index contributed by atoms with van der Waals surface area (Å²) >= 11 is 0. The highest BCUT2D eigenvalue weighted by molar-refractivity contribution is 5.79. The summed E-state index contributed by atoms with van der Waals surface area (Å²) in [4.78, 5) is 26.3. The van der Waals surface area contributed by atoms with Crippen LogP contribution in [0, 0.1) is 5.92 Å². The Morgan fingerprint density at radius 2 is 2.15 bits per heavy atom. The second kappa shape index (κ2) is 7.81. The molecular weight excluding hydrogens is 346 g/mol. The third kappa shape index (κ3) is 4.12. The SMILES string of the molecule is O=C(NCCc1cn[nH]c1)NCc1cc2n(n1)CCN(C(=O)C1CCC1)C2. The lowest BCUT2D eigenvalue weighted by Crippen LogP contribution is -2.43. The van der Waals surface area contributed by atoms with E-state index >= 15 is 0 Å². The number of carbonyl (C=O) groups excluding carboxylic acids is 2. The number of hydrogen-bond acceptors (Lipinski definition) is 4. The Balaban J connectivity index is 1.23. The predicted molar refractivity (Wildman–Crippen MR) is 97.5 cm³/mol. The molecule has 9 heteroatoms. The van der Waals surface area contributed by atoms with Crippen LogP contribution in [0.5, 0.6) is 0 Å². The van der Waals surface area contributed by atoms with Crippen molar-refractivity contribution in [1.82, 2.24) is 35.5 Å². The molecule has 3 N–H and O–H groups in total. The number of nitrogens with zero attached hydrogens (tertiary/aromatic N) is 4. The molecule has 2 aliphatic rings. The van der Waals surface area contributed by atoms with E-state index in [2.05, 4.69) is 25.9 Å². The molecule has 27 heavy (non-hydrogen) atoms. The van der Waals surface area contributed by atoms with Gasteiger partial charge in [-0.25, -0.2) is 4.79 Å². The molecular formula is C18H25N7O2. The lowest BCUT2D eigenvalue weighted by atomic mass is 9.84. The van der Waals surface area contributed by atoms with Crippen LogP contribution >= 0.6 is 0 Å². The number of nitrogens with one attached hydrogen (secondary N) is 3. The van der Waals surface area contributed by atoms with Crippen molar-refractivity contribution in [2.75, 3.05) is 13.1 Å². The first-order chi connectivity index (χ1) is 13.2. The van der Waals surface area contributed by atoms with Crippen molar-refractivity contribution in [3.63, 3.8) is 0 Å². The molecule has 9 nitrogen and oxygen atoms in total. The summed E-state index contributed by atoms with van der Waals surface area (Å²) in [5.41, 5.74) is 2.90. The van der Waals surface area contributed by atoms with Crippen molar-refractivity contribution in [3.8, 4) is 0 Å². The molecule has 2 aromatic rings. The monoisotopic (exact) mass is 371 g/mol. The van der Waals surface area contributed by atoms with Crippen LogP contribution in [0.25, 0.3) is 0 Å². The van der Waals surface area contributed by atoms with Crippen molar-refractivity contribution < 1.29 is 9.59 Å². The van der Waals surface area contributed by atoms with Gasteiger partial charge in [0.2, 0.25) is 5.91 Å². The molecule has 1 fully saturated rings. The maximum absolute atomic E-state index is 12.4. The standard InChI is InChI=1S/C18H25N7O2/c26-17(14-2-1-3-14)24-6-7-25-16(12-24)8-15(23-25)11-20-18(27)19-5-4-13-9-21-22-10-13/h8-10,14H,1-7,11-12H2,(H,21,22)(H2,19,20,27). The number of rotatable bonds is 6. The Labute approximate surface area is 157 Å². The van der Waals surface area contributed by atoms with E-state index in [1.807, 2.05) is 21.8 Å². The van der Waals surface area contributed by atoms with Crippen LogP contribution in [0.2, 0.25) is 0 Å². The van der Waals surface area contributed by atoms with Gasteiger partial charge >= 0.3 is 6.03 Å². The van der Waals surface area contributed by atoms with Crippen LogP contribution in [0.3, 0.4) is 0 Å². The van der Waals surface area contributed by atoms with Crippen LogP contribution in [0.4, 0.5) is 4.79 Å². The fourth-order valence-electron chi connectivity index (χ4n) is 3.48. The third-order valence-corrected chi connectivity index (χ3v) is 5.30. The molecule has 0 spiro atoms. The lowest BCUT2D eigenvalue weighted by Gasteiger charge is -2.34. The van der Waals surface area contributed by atoms with E-state index in [-0.39, 0.29) is 17.9 Å². The molecule has 1 aliphatic carbocycles. The summed E-state index contributed by atoms with van der Waals surface area (Å²) in [6.45, 7) is 2.95. The fourth-order valence-corrected chi connectivity index (χ4v) is 3.48. The van der Waals surface area contributed by atoms with Crippen molar-refractivity contribution in [2.45, 2.75) is 45.3 Å². The van der Waals surface area contributed by atoms with Gasteiger partial charge in [-0.3, -0.25) is 14.6 Å². The maximum Gasteiger partial charge on any atom is 0.315 e. The molecule has 1 aliphatic heterocycles. The molecule has 0 unspecified atom stereocenters. The minimum Gasteiger partial charge on any atom is -0.338 e. The van der Waals surface area contributed by atoms with Gasteiger partial charge in [-0.2, -0.15) is 10.2 Å². The molecule has 4 rings (SSSR count). The van der Waals surface area contributed by atoms with E-state index in [9.17, 15) is 9.59 Å². The summed E-state index contributed by atoms with van der Waals surface area (Å²) in [6.07, 6.45) is 7.51. The number of fused-ring (bicyclic) bond motifs is 1. The average Bonchev–Trinajstić information content (AvgIpc) is 3.26. The summed E-state index contributed by atoms with van der Waals surface area (Å²) in [6, 6.07) is 1.76. The molecule has 0 radical (unpaired) electrons. The van der Waals surface area contributed by atoms with Crippen LogP contribution in [-0.4, -0.2) is 49.9 Å². The molecule has 0 bridgehead atoms. The Bertz CT molecular complexity index is 795. The third-order valence-electron chi connectivity index (χ3n) is 5.30. The number of hydrogen-bond donors (Lipinski definition) is 3. The minimum atomic E-state index is -0.216. The fraction of sp³-hybridized carbons (Fsp3) is 0.556. The zero-order valence-corrected chi connectivity index (χ0v) is 15.3. The highest BCUT2D eigenvalue weighted by Crippen LogP contribution is 2.29. The van der Waals surface area contributed by atoms with Gasteiger partial charge < -0.3 is 15.5 Å². The number of H-pyrrole nitrogens is 1. The largest absolute Gasteiger partial charge is 0.338 e. The van der Waals surface area contributed by atoms with Crippen LogP contribution in [0.1, 0.15) is 36.2 Å². The number of urea groups is 1. The molecule has 0 aromatic carbocycles. The number of amides is 3. The van der Waals surface area contributed by atoms with Crippen LogP contribution in [-0.2, 0) is 30.8 Å². The topological polar surface area (TPSA) is 108 Å². The maximum atomic E-state index is 12.4. The Morgan fingerprint density at radius 3 is 2.89 bits per heavy atom. The molecule has 2 aromatic heterocycles. The van der Waals surface area contributed by atoms with Crippen molar-refractivity contribution >= 4 is 11.9 Å². The first-order valence-electron chi connectivity index (χ1n) is 9.53. The number of aromatic nitrogens is 4. The number of aromatic amines is 1. The van der Waals surface area contributed by atoms with E-state index in [1.54, 1.807) is 6.20 Å². The first-order valence-corrected chi connectivity index (χ1v) is 9.53. The molecule has 0 saturated heterocycles. The van der Waals surface area contributed by atoms with Crippen molar-refractivity contribution in [3.05, 3.63) is 35.4 Å². The van der Waals surface area contributed by atoms with Crippen molar-refractivity contribution in [1.29, 1.82) is 0 Å². The summed E-state index contributed by atoms with van der Waals surface area (Å²) in [5.74, 6) is 0.511. The van der Waals surface area contributed by atoms with E-state index < -0.39 is 0 Å². The van der Waals surface area contributed by atoms with Gasteiger partial charge in [0, 0.05) is 25.2 Å². The van der Waals surface area contributed by atoms with Gasteiger partial charge in [-0.05, 0) is 30.9 Å². The summed E-state index contributed by atoms with van der Waals surface area (Å²) in [5, 5.41) is 16.8. The molecule has 1 saturated carbocycles. The molecule has 0 atom stereocenters. The van der Waals surface area contributed by atoms with Crippen LogP contribution < -0.4 is 10.6 Å². The zero-order chi connectivity index (χ0) is 18.6. The van der Waals surface area contributed by atoms with Gasteiger partial charge in [0.15, 0.2) is 0 Å². The second-order valence-corrected chi connectivity index (χ2v) is 7.20. The quantitative estimate of drug-likeness (QED) is 0.698. The van der Waals surface area contributed by atoms with Gasteiger partial charge in [0.05, 0.1) is 37.2 Å². The van der Waals surface area contributed by atoms with E-state index in [1.165, 1.54) is 6.42 Å². The highest BCUT2D eigenvalue weighted by atomic mass is 16.2. The van der Waals surface area contributed by atoms with Gasteiger partial charge in [0.1, 0.15) is 0 Å². The Hall–Kier alpha value is -2.84. The lowest BCUT2D eigenvalue weighted by molar-refractivity contribution is -0.139. The van der Waals surface area contributed by atoms with Gasteiger partial charge in [0.25, 0.3) is 0 Å². The Morgan fingerprint density at radius 1 is 1.26 bits per heavy atom. The Kier molecular flexibility index (Phi) is 5.08. The molecule has 144 valence electrons. The number of carbonyl (C=O) groups is 2. The van der Waals surface area contributed by atoms with Crippen LogP contribution in [0.15, 0.2) is 18.5 Å². The normalized spacial score (nSPS) is 16.5. The minimum absolute atomic E-state index is 0.216.